The van der Waals surface area contributed by atoms with E-state index in [1.165, 1.54) is 0 Å². The molecule has 0 radical (unpaired) electrons. The van der Waals surface area contributed by atoms with Crippen molar-refractivity contribution >= 4 is 5.91 Å². The standard InChI is InChI=1S/C15H30N2O3/c1-4-13(2)17(10-12-19-3)15(18)7-11-20-14-5-8-16-9-6-14/h13-14,16H,4-12H2,1-3H3. The summed E-state index contributed by atoms with van der Waals surface area (Å²) in [5.41, 5.74) is 0. The van der Waals surface area contributed by atoms with E-state index in [0.717, 1.165) is 32.4 Å². The molecule has 1 rings (SSSR count). The SMILES string of the molecule is CCC(C)N(CCOC)C(=O)CCOC1CCNCC1. The van der Waals surface area contributed by atoms with Crippen LogP contribution in [0.15, 0.2) is 0 Å². The minimum atomic E-state index is 0.172. The number of hydrogen-bond donors (Lipinski definition) is 1. The highest BCUT2D eigenvalue weighted by atomic mass is 16.5. The van der Waals surface area contributed by atoms with Crippen molar-refractivity contribution in [2.24, 2.45) is 0 Å². The van der Waals surface area contributed by atoms with Gasteiger partial charge in [0.1, 0.15) is 0 Å². The van der Waals surface area contributed by atoms with E-state index in [1.54, 1.807) is 7.11 Å². The number of rotatable bonds is 9. The van der Waals surface area contributed by atoms with Crippen molar-refractivity contribution < 1.29 is 14.3 Å². The predicted molar refractivity (Wildman–Crippen MR) is 79.8 cm³/mol. The number of carbonyl (C=O) groups is 1. The summed E-state index contributed by atoms with van der Waals surface area (Å²) in [6.45, 7) is 8.01. The van der Waals surface area contributed by atoms with Gasteiger partial charge in [0.2, 0.25) is 5.91 Å². The van der Waals surface area contributed by atoms with Gasteiger partial charge in [-0.1, -0.05) is 6.92 Å². The fraction of sp³-hybridized carbons (Fsp3) is 0.933. The molecule has 0 aromatic carbocycles. The fourth-order valence-electron chi connectivity index (χ4n) is 2.42. The number of nitrogens with one attached hydrogen (secondary N) is 1. The summed E-state index contributed by atoms with van der Waals surface area (Å²) in [7, 11) is 1.67. The van der Waals surface area contributed by atoms with Crippen LogP contribution in [0.5, 0.6) is 0 Å². The topological polar surface area (TPSA) is 50.8 Å². The number of carbonyl (C=O) groups excluding carboxylic acids is 1. The van der Waals surface area contributed by atoms with Crippen LogP contribution in [0.2, 0.25) is 0 Å². The summed E-state index contributed by atoms with van der Waals surface area (Å²) in [5, 5.41) is 3.31. The lowest BCUT2D eigenvalue weighted by atomic mass is 10.1. The van der Waals surface area contributed by atoms with E-state index in [0.29, 0.717) is 32.3 Å². The summed E-state index contributed by atoms with van der Waals surface area (Å²) in [6.07, 6.45) is 3.85. The van der Waals surface area contributed by atoms with E-state index in [1.807, 2.05) is 4.90 Å². The molecule has 1 amide bonds. The second-order valence-corrected chi connectivity index (χ2v) is 5.41. The number of nitrogens with zero attached hydrogens (tertiary/aromatic N) is 1. The van der Waals surface area contributed by atoms with Crippen molar-refractivity contribution in [3.63, 3.8) is 0 Å². The van der Waals surface area contributed by atoms with Gasteiger partial charge in [-0.25, -0.2) is 0 Å². The molecule has 0 aliphatic carbocycles. The monoisotopic (exact) mass is 286 g/mol. The van der Waals surface area contributed by atoms with Crippen molar-refractivity contribution in [3.8, 4) is 0 Å². The molecule has 0 saturated carbocycles. The zero-order chi connectivity index (χ0) is 14.8. The van der Waals surface area contributed by atoms with Crippen molar-refractivity contribution in [3.05, 3.63) is 0 Å². The van der Waals surface area contributed by atoms with Gasteiger partial charge in [-0.2, -0.15) is 0 Å². The Morgan fingerprint density at radius 3 is 2.65 bits per heavy atom. The van der Waals surface area contributed by atoms with Crippen molar-refractivity contribution in [2.75, 3.05) is 40.0 Å². The van der Waals surface area contributed by atoms with Crippen LogP contribution in [0, 0.1) is 0 Å². The number of methoxy groups -OCH3 is 1. The zero-order valence-corrected chi connectivity index (χ0v) is 13.2. The van der Waals surface area contributed by atoms with Gasteiger partial charge in [0, 0.05) is 19.7 Å². The molecule has 20 heavy (non-hydrogen) atoms. The van der Waals surface area contributed by atoms with Crippen LogP contribution in [-0.4, -0.2) is 62.9 Å². The molecule has 0 bridgehead atoms. The van der Waals surface area contributed by atoms with Crippen LogP contribution in [0.4, 0.5) is 0 Å². The minimum absolute atomic E-state index is 0.172. The van der Waals surface area contributed by atoms with Gasteiger partial charge >= 0.3 is 0 Å². The summed E-state index contributed by atoms with van der Waals surface area (Å²) in [4.78, 5) is 14.2. The van der Waals surface area contributed by atoms with Crippen LogP contribution in [0.3, 0.4) is 0 Å². The normalized spacial score (nSPS) is 17.9. The van der Waals surface area contributed by atoms with Gasteiger partial charge in [-0.3, -0.25) is 4.79 Å². The molecule has 1 heterocycles. The van der Waals surface area contributed by atoms with Crippen LogP contribution in [-0.2, 0) is 14.3 Å². The second kappa shape index (κ2) is 10.1. The van der Waals surface area contributed by atoms with Crippen LogP contribution >= 0.6 is 0 Å². The summed E-state index contributed by atoms with van der Waals surface area (Å²) in [5.74, 6) is 0.172. The van der Waals surface area contributed by atoms with Gasteiger partial charge in [-0.15, -0.1) is 0 Å². The molecule has 5 heteroatoms. The molecule has 1 fully saturated rings. The van der Waals surface area contributed by atoms with E-state index in [4.69, 9.17) is 9.47 Å². The lowest BCUT2D eigenvalue weighted by molar-refractivity contribution is -0.135. The first-order chi connectivity index (χ1) is 9.69. The summed E-state index contributed by atoms with van der Waals surface area (Å²) >= 11 is 0. The fourth-order valence-corrected chi connectivity index (χ4v) is 2.42. The molecule has 0 aromatic heterocycles. The molecule has 0 aromatic rings. The Kier molecular flexibility index (Phi) is 8.82. The Morgan fingerprint density at radius 1 is 1.35 bits per heavy atom. The maximum Gasteiger partial charge on any atom is 0.225 e. The Hall–Kier alpha value is -0.650. The van der Waals surface area contributed by atoms with Crippen LogP contribution in [0.25, 0.3) is 0 Å². The van der Waals surface area contributed by atoms with E-state index >= 15 is 0 Å². The molecule has 5 nitrogen and oxygen atoms in total. The smallest absolute Gasteiger partial charge is 0.225 e. The molecule has 118 valence electrons. The quantitative estimate of drug-likeness (QED) is 0.696. The second-order valence-electron chi connectivity index (χ2n) is 5.41. The maximum atomic E-state index is 12.3. The van der Waals surface area contributed by atoms with Crippen molar-refractivity contribution in [1.29, 1.82) is 0 Å². The Morgan fingerprint density at radius 2 is 2.05 bits per heavy atom. The minimum Gasteiger partial charge on any atom is -0.383 e. The maximum absolute atomic E-state index is 12.3. The highest BCUT2D eigenvalue weighted by Gasteiger charge is 2.19. The molecule has 1 atom stereocenters. The summed E-state index contributed by atoms with van der Waals surface area (Å²) < 4.78 is 10.9. The Labute approximate surface area is 123 Å². The Bertz CT molecular complexity index is 268. The average Bonchev–Trinajstić information content (AvgIpc) is 2.48. The predicted octanol–water partition coefficient (Wildman–Crippen LogP) is 1.42. The third-order valence-corrected chi connectivity index (χ3v) is 3.94. The van der Waals surface area contributed by atoms with Crippen LogP contribution < -0.4 is 5.32 Å². The third-order valence-electron chi connectivity index (χ3n) is 3.94. The molecule has 1 saturated heterocycles. The first-order valence-electron chi connectivity index (χ1n) is 7.79. The van der Waals surface area contributed by atoms with Gasteiger partial charge in [0.25, 0.3) is 0 Å². The lowest BCUT2D eigenvalue weighted by Gasteiger charge is -2.29. The largest absolute Gasteiger partial charge is 0.383 e. The van der Waals surface area contributed by atoms with Gasteiger partial charge in [0.05, 0.1) is 25.7 Å². The van der Waals surface area contributed by atoms with Gasteiger partial charge < -0.3 is 19.7 Å². The number of hydrogen-bond acceptors (Lipinski definition) is 4. The molecular formula is C15H30N2O3. The van der Waals surface area contributed by atoms with Crippen molar-refractivity contribution in [1.82, 2.24) is 10.2 Å². The zero-order valence-electron chi connectivity index (χ0n) is 13.2. The number of amides is 1. The third kappa shape index (κ3) is 6.20. The summed E-state index contributed by atoms with van der Waals surface area (Å²) in [6, 6.07) is 0.261. The van der Waals surface area contributed by atoms with E-state index in [-0.39, 0.29) is 11.9 Å². The molecule has 1 aliphatic rings. The average molecular weight is 286 g/mol. The molecular weight excluding hydrogens is 256 g/mol. The van der Waals surface area contributed by atoms with Crippen molar-refractivity contribution in [2.45, 2.75) is 51.7 Å². The molecule has 1 N–H and O–H groups in total. The molecule has 1 aliphatic heterocycles. The van der Waals surface area contributed by atoms with Crippen LogP contribution in [0.1, 0.15) is 39.5 Å². The lowest BCUT2D eigenvalue weighted by Crippen LogP contribution is -2.41. The first kappa shape index (κ1) is 17.4. The van der Waals surface area contributed by atoms with Gasteiger partial charge in [0.15, 0.2) is 0 Å². The molecule has 0 spiro atoms. The van der Waals surface area contributed by atoms with E-state index in [9.17, 15) is 4.79 Å². The number of piperidine rings is 1. The van der Waals surface area contributed by atoms with E-state index in [2.05, 4.69) is 19.2 Å². The first-order valence-corrected chi connectivity index (χ1v) is 7.79. The highest BCUT2D eigenvalue weighted by Crippen LogP contribution is 2.10. The van der Waals surface area contributed by atoms with Gasteiger partial charge in [-0.05, 0) is 39.3 Å². The Balaban J connectivity index is 2.29. The number of ether oxygens (including phenoxy) is 2. The highest BCUT2D eigenvalue weighted by molar-refractivity contribution is 5.76. The molecule has 1 unspecified atom stereocenters. The van der Waals surface area contributed by atoms with E-state index < -0.39 is 0 Å².